The van der Waals surface area contributed by atoms with Crippen LogP contribution in [0.3, 0.4) is 0 Å². The van der Waals surface area contributed by atoms with Crippen LogP contribution >= 0.6 is 15.9 Å². The lowest BCUT2D eigenvalue weighted by Crippen LogP contribution is -2.30. The van der Waals surface area contributed by atoms with Gasteiger partial charge in [-0.1, -0.05) is 40.2 Å². The third kappa shape index (κ3) is 4.41. The van der Waals surface area contributed by atoms with Gasteiger partial charge in [0, 0.05) is 21.7 Å². The number of aliphatic hydroxyl groups excluding tert-OH is 1. The molecule has 1 heterocycles. The molecule has 0 radical (unpaired) electrons. The van der Waals surface area contributed by atoms with Crippen molar-refractivity contribution in [1.29, 1.82) is 0 Å². The Hall–Kier alpha value is -3.45. The summed E-state index contributed by atoms with van der Waals surface area (Å²) in [7, 11) is 4.76. The number of nitrogens with zero attached hydrogens (tertiary/aromatic N) is 1. The first-order chi connectivity index (χ1) is 16.0. The van der Waals surface area contributed by atoms with Crippen LogP contribution < -0.4 is 14.2 Å². The van der Waals surface area contributed by atoms with Gasteiger partial charge < -0.3 is 24.2 Å². The average molecular weight is 510 g/mol. The molecule has 1 aliphatic heterocycles. The van der Waals surface area contributed by atoms with E-state index in [2.05, 4.69) is 15.9 Å². The van der Waals surface area contributed by atoms with E-state index in [0.717, 1.165) is 21.2 Å². The van der Waals surface area contributed by atoms with Crippen molar-refractivity contribution in [2.24, 2.45) is 0 Å². The molecule has 4 rings (SSSR count). The van der Waals surface area contributed by atoms with Crippen LogP contribution in [0.15, 0.2) is 77.0 Å². The third-order valence-corrected chi connectivity index (χ3v) is 6.25. The van der Waals surface area contributed by atoms with Gasteiger partial charge in [-0.25, -0.2) is 0 Å². The summed E-state index contributed by atoms with van der Waals surface area (Å²) in [5.41, 5.74) is 2.99. The van der Waals surface area contributed by atoms with Crippen LogP contribution in [0.1, 0.15) is 22.7 Å². The van der Waals surface area contributed by atoms with E-state index in [-0.39, 0.29) is 12.3 Å². The Kier molecular flexibility index (Phi) is 6.60. The van der Waals surface area contributed by atoms with Crippen molar-refractivity contribution in [1.82, 2.24) is 4.90 Å². The number of halogens is 1. The smallest absolute Gasteiger partial charge is 0.290 e. The predicted octanol–water partition coefficient (Wildman–Crippen LogP) is 5.53. The summed E-state index contributed by atoms with van der Waals surface area (Å²) < 4.78 is 17.0. The Bertz CT molecular complexity index is 1190. The maximum Gasteiger partial charge on any atom is 0.290 e. The number of hydrogen-bond acceptors (Lipinski definition) is 5. The Balaban J connectivity index is 1.79. The fourth-order valence-electron chi connectivity index (χ4n) is 4.04. The first-order valence-corrected chi connectivity index (χ1v) is 11.1. The molecule has 33 heavy (non-hydrogen) atoms. The number of hydrogen-bond donors (Lipinski definition) is 1. The highest BCUT2D eigenvalue weighted by atomic mass is 79.9. The fraction of sp³-hybridized carbons (Fsp3) is 0.192. The molecule has 0 fully saturated rings. The molecule has 0 aliphatic carbocycles. The van der Waals surface area contributed by atoms with E-state index in [1.807, 2.05) is 60.7 Å². The van der Waals surface area contributed by atoms with Crippen LogP contribution in [0.5, 0.6) is 17.2 Å². The molecule has 1 atom stereocenters. The van der Waals surface area contributed by atoms with E-state index in [4.69, 9.17) is 14.2 Å². The molecule has 0 saturated heterocycles. The quantitative estimate of drug-likeness (QED) is 0.453. The summed E-state index contributed by atoms with van der Waals surface area (Å²) in [6.45, 7) is 0.246. The summed E-state index contributed by atoms with van der Waals surface area (Å²) in [4.78, 5) is 15.0. The standard InChI is InChI=1S/C26H24BrNO5/c1-31-20-11-6-16(7-12-20)23-24(17-4-9-19(27)10-5-17)28(26(30)25(23)29)15-18-8-13-21(32-2)14-22(18)33-3/h4-14,24,29H,15H2,1-3H3. The van der Waals surface area contributed by atoms with Gasteiger partial charge >= 0.3 is 0 Å². The minimum Gasteiger partial charge on any atom is -0.503 e. The lowest BCUT2D eigenvalue weighted by molar-refractivity contribution is -0.130. The van der Waals surface area contributed by atoms with Crippen molar-refractivity contribution >= 4 is 27.4 Å². The molecule has 0 bridgehead atoms. The van der Waals surface area contributed by atoms with Gasteiger partial charge in [-0.2, -0.15) is 0 Å². The molecule has 1 unspecified atom stereocenters. The van der Waals surface area contributed by atoms with Gasteiger partial charge in [0.05, 0.1) is 33.9 Å². The molecule has 6 nitrogen and oxygen atoms in total. The third-order valence-electron chi connectivity index (χ3n) is 5.73. The molecule has 0 aromatic heterocycles. The lowest BCUT2D eigenvalue weighted by Gasteiger charge is -2.28. The summed E-state index contributed by atoms with van der Waals surface area (Å²) >= 11 is 3.47. The zero-order chi connectivity index (χ0) is 23.5. The lowest BCUT2D eigenvalue weighted by atomic mass is 9.93. The molecule has 3 aromatic carbocycles. The number of carbonyl (C=O) groups is 1. The zero-order valence-electron chi connectivity index (χ0n) is 18.5. The number of aliphatic hydroxyl groups is 1. The highest BCUT2D eigenvalue weighted by Gasteiger charge is 2.41. The first kappa shape index (κ1) is 22.7. The van der Waals surface area contributed by atoms with Gasteiger partial charge in [0.15, 0.2) is 5.76 Å². The second-order valence-corrected chi connectivity index (χ2v) is 8.47. The highest BCUT2D eigenvalue weighted by Crippen LogP contribution is 2.45. The molecule has 0 saturated carbocycles. The number of ether oxygens (including phenoxy) is 3. The number of benzene rings is 3. The van der Waals surface area contributed by atoms with E-state index in [9.17, 15) is 9.90 Å². The summed E-state index contributed by atoms with van der Waals surface area (Å²) in [6, 6.07) is 20.1. The topological polar surface area (TPSA) is 68.2 Å². The molecule has 1 N–H and O–H groups in total. The van der Waals surface area contributed by atoms with Crippen LogP contribution in [-0.4, -0.2) is 37.2 Å². The predicted molar refractivity (Wildman–Crippen MR) is 130 cm³/mol. The average Bonchev–Trinajstić information content (AvgIpc) is 3.09. The Morgan fingerprint density at radius 3 is 2.12 bits per heavy atom. The van der Waals surface area contributed by atoms with Gasteiger partial charge in [0.1, 0.15) is 17.2 Å². The molecular weight excluding hydrogens is 486 g/mol. The molecule has 0 spiro atoms. The van der Waals surface area contributed by atoms with Crippen molar-refractivity contribution in [3.05, 3.63) is 93.7 Å². The minimum atomic E-state index is -0.481. The van der Waals surface area contributed by atoms with Gasteiger partial charge in [-0.05, 0) is 47.5 Å². The van der Waals surface area contributed by atoms with E-state index in [1.54, 1.807) is 32.3 Å². The summed E-state index contributed by atoms with van der Waals surface area (Å²) in [5, 5.41) is 11.0. The van der Waals surface area contributed by atoms with E-state index < -0.39 is 11.9 Å². The van der Waals surface area contributed by atoms with Crippen LogP contribution in [0.4, 0.5) is 0 Å². The molecule has 3 aromatic rings. The van der Waals surface area contributed by atoms with Crippen LogP contribution in [-0.2, 0) is 11.3 Å². The van der Waals surface area contributed by atoms with Crippen LogP contribution in [0.25, 0.3) is 5.57 Å². The van der Waals surface area contributed by atoms with Crippen molar-refractivity contribution in [2.75, 3.05) is 21.3 Å². The molecule has 1 aliphatic rings. The van der Waals surface area contributed by atoms with Crippen molar-refractivity contribution < 1.29 is 24.1 Å². The molecule has 1 amide bonds. The monoisotopic (exact) mass is 509 g/mol. The zero-order valence-corrected chi connectivity index (χ0v) is 20.1. The largest absolute Gasteiger partial charge is 0.503 e. The van der Waals surface area contributed by atoms with Gasteiger partial charge in [0.25, 0.3) is 5.91 Å². The van der Waals surface area contributed by atoms with Crippen LogP contribution in [0, 0.1) is 0 Å². The van der Waals surface area contributed by atoms with Crippen LogP contribution in [0.2, 0.25) is 0 Å². The van der Waals surface area contributed by atoms with Crippen molar-refractivity contribution in [3.63, 3.8) is 0 Å². The minimum absolute atomic E-state index is 0.246. The van der Waals surface area contributed by atoms with Crippen molar-refractivity contribution in [2.45, 2.75) is 12.6 Å². The highest BCUT2D eigenvalue weighted by molar-refractivity contribution is 9.10. The number of rotatable bonds is 7. The maximum atomic E-state index is 13.3. The molecule has 170 valence electrons. The normalized spacial score (nSPS) is 15.7. The Labute approximate surface area is 201 Å². The molecular formula is C26H24BrNO5. The second-order valence-electron chi connectivity index (χ2n) is 7.56. The second kappa shape index (κ2) is 9.58. The van der Waals surface area contributed by atoms with E-state index >= 15 is 0 Å². The maximum absolute atomic E-state index is 13.3. The SMILES string of the molecule is COc1ccc(C2=C(O)C(=O)N(Cc3ccc(OC)cc3OC)C2c2ccc(Br)cc2)cc1. The number of methoxy groups -OCH3 is 3. The number of amides is 1. The fourth-order valence-corrected chi connectivity index (χ4v) is 4.30. The first-order valence-electron chi connectivity index (χ1n) is 10.3. The van der Waals surface area contributed by atoms with Gasteiger partial charge in [-0.3, -0.25) is 4.79 Å². The van der Waals surface area contributed by atoms with E-state index in [0.29, 0.717) is 22.8 Å². The number of carbonyl (C=O) groups excluding carboxylic acids is 1. The van der Waals surface area contributed by atoms with Gasteiger partial charge in [0.2, 0.25) is 0 Å². The Morgan fingerprint density at radius 2 is 1.52 bits per heavy atom. The summed E-state index contributed by atoms with van der Waals surface area (Å²) in [5.74, 6) is 1.26. The Morgan fingerprint density at radius 1 is 0.879 bits per heavy atom. The molecule has 7 heteroatoms. The van der Waals surface area contributed by atoms with E-state index in [1.165, 1.54) is 0 Å². The summed E-state index contributed by atoms with van der Waals surface area (Å²) in [6.07, 6.45) is 0. The van der Waals surface area contributed by atoms with Crippen molar-refractivity contribution in [3.8, 4) is 17.2 Å². The van der Waals surface area contributed by atoms with Gasteiger partial charge in [-0.15, -0.1) is 0 Å².